The molecule has 0 aliphatic heterocycles. The second kappa shape index (κ2) is 17.6. The molecule has 1 aromatic heterocycles. The fourth-order valence-corrected chi connectivity index (χ4v) is 9.81. The van der Waals surface area contributed by atoms with Crippen LogP contribution in [0.5, 0.6) is 0 Å². The summed E-state index contributed by atoms with van der Waals surface area (Å²) in [6.45, 7) is 10.4. The normalized spacial score (nSPS) is 11.9. The van der Waals surface area contributed by atoms with Crippen molar-refractivity contribution >= 4 is 48.0 Å². The van der Waals surface area contributed by atoms with Gasteiger partial charge in [0.05, 0.1) is 5.41 Å². The predicted molar refractivity (Wildman–Crippen MR) is 262 cm³/mol. The highest BCUT2D eigenvalue weighted by Crippen LogP contribution is 2.59. The van der Waals surface area contributed by atoms with Crippen LogP contribution in [0.15, 0.2) is 206 Å². The second-order valence-electron chi connectivity index (χ2n) is 15.3. The summed E-state index contributed by atoms with van der Waals surface area (Å²) in [4.78, 5) is 0. The lowest BCUT2D eigenvalue weighted by Crippen LogP contribution is -2.28. The van der Waals surface area contributed by atoms with Gasteiger partial charge in [0.25, 0.3) is 0 Å². The highest BCUT2D eigenvalue weighted by molar-refractivity contribution is 7.25. The standard InChI is InChI=1S/C36H26.C13H10S.C7H9N.C2H6/c1-25-21-22-31-33(23-25)36(27-15-7-3-8-16-27,28-17-9-4-10-18-28)34-24-32(26-13-5-2-6-14-26)29-19-11-12-20-30(29)35(31)34;1-9-6-7-13-11(8-9)10-4-2-3-5-12(10)14-13;1-6-2-4-7(8)5-3-6;1-2/h2-24H,1H3;2-8H,1H3;2-5H,8H2,1H3;1-2H3. The molecule has 1 nitrogen and oxygen atoms in total. The molecule has 0 unspecified atom stereocenters. The third-order valence-corrected chi connectivity index (χ3v) is 12.6. The molecule has 1 aliphatic rings. The molecule has 2 heteroatoms. The summed E-state index contributed by atoms with van der Waals surface area (Å²) in [5, 5.41) is 5.39. The van der Waals surface area contributed by atoms with Crippen LogP contribution in [0.4, 0.5) is 5.69 Å². The predicted octanol–water partition coefficient (Wildman–Crippen LogP) is 16.1. The Hall–Kier alpha value is -6.74. The van der Waals surface area contributed by atoms with Gasteiger partial charge in [0, 0.05) is 25.9 Å². The number of aryl methyl sites for hydroxylation is 3. The van der Waals surface area contributed by atoms with Crippen molar-refractivity contribution in [1.29, 1.82) is 0 Å². The van der Waals surface area contributed by atoms with E-state index >= 15 is 0 Å². The van der Waals surface area contributed by atoms with Crippen molar-refractivity contribution in [1.82, 2.24) is 0 Å². The Kier molecular flexibility index (Phi) is 11.8. The maximum Gasteiger partial charge on any atom is 0.0714 e. The molecule has 2 N–H and O–H groups in total. The van der Waals surface area contributed by atoms with Gasteiger partial charge >= 0.3 is 0 Å². The molecule has 0 saturated carbocycles. The van der Waals surface area contributed by atoms with Gasteiger partial charge in [-0.25, -0.2) is 0 Å². The van der Waals surface area contributed by atoms with Gasteiger partial charge in [0.15, 0.2) is 0 Å². The Bertz CT molecular complexity index is 2960. The molecule has 0 amide bonds. The molecule has 0 atom stereocenters. The van der Waals surface area contributed by atoms with E-state index in [1.807, 2.05) is 56.4 Å². The maximum absolute atomic E-state index is 5.43. The highest BCUT2D eigenvalue weighted by Gasteiger charge is 2.47. The number of rotatable bonds is 3. The lowest BCUT2D eigenvalue weighted by atomic mass is 9.67. The van der Waals surface area contributed by atoms with E-state index in [1.54, 1.807) is 0 Å². The Balaban J connectivity index is 0.000000169. The number of nitrogens with two attached hydrogens (primary N) is 1. The molecule has 10 aromatic rings. The first kappa shape index (κ1) is 40.1. The van der Waals surface area contributed by atoms with Gasteiger partial charge in [-0.05, 0) is 112 Å². The highest BCUT2D eigenvalue weighted by atomic mass is 32.1. The van der Waals surface area contributed by atoms with Crippen LogP contribution in [0.3, 0.4) is 0 Å². The van der Waals surface area contributed by atoms with Gasteiger partial charge in [-0.2, -0.15) is 0 Å². The summed E-state index contributed by atoms with van der Waals surface area (Å²) in [5.74, 6) is 0. The van der Waals surface area contributed by atoms with E-state index < -0.39 is 5.41 Å². The summed E-state index contributed by atoms with van der Waals surface area (Å²) < 4.78 is 2.77. The van der Waals surface area contributed by atoms with Gasteiger partial charge in [0.2, 0.25) is 0 Å². The summed E-state index contributed by atoms with van der Waals surface area (Å²) >= 11 is 1.87. The molecule has 0 bridgehead atoms. The molecule has 11 rings (SSSR count). The number of nitrogen functional groups attached to an aromatic ring is 1. The Morgan fingerprint density at radius 2 is 0.883 bits per heavy atom. The zero-order chi connectivity index (χ0) is 41.6. The van der Waals surface area contributed by atoms with Gasteiger partial charge < -0.3 is 5.73 Å². The number of hydrogen-bond donors (Lipinski definition) is 1. The van der Waals surface area contributed by atoms with Crippen molar-refractivity contribution in [2.45, 2.75) is 40.0 Å². The molecule has 0 spiro atoms. The third-order valence-electron chi connectivity index (χ3n) is 11.4. The van der Waals surface area contributed by atoms with Crippen LogP contribution in [0.1, 0.15) is 52.8 Å². The second-order valence-corrected chi connectivity index (χ2v) is 16.4. The molecule has 60 heavy (non-hydrogen) atoms. The third kappa shape index (κ3) is 7.52. The molecule has 1 aliphatic carbocycles. The van der Waals surface area contributed by atoms with Crippen molar-refractivity contribution in [3.63, 3.8) is 0 Å². The molecule has 9 aromatic carbocycles. The zero-order valence-corrected chi connectivity index (χ0v) is 35.9. The molecule has 0 saturated heterocycles. The zero-order valence-electron chi connectivity index (χ0n) is 35.1. The van der Waals surface area contributed by atoms with E-state index in [1.165, 1.54) is 92.1 Å². The van der Waals surface area contributed by atoms with Crippen molar-refractivity contribution in [2.75, 3.05) is 5.73 Å². The van der Waals surface area contributed by atoms with Crippen molar-refractivity contribution in [2.24, 2.45) is 0 Å². The first-order valence-corrected chi connectivity index (χ1v) is 21.8. The van der Waals surface area contributed by atoms with E-state index in [0.717, 1.165) is 5.69 Å². The van der Waals surface area contributed by atoms with Crippen LogP contribution in [0.25, 0.3) is 53.2 Å². The van der Waals surface area contributed by atoms with Gasteiger partial charge in [-0.15, -0.1) is 11.3 Å². The van der Waals surface area contributed by atoms with E-state index in [4.69, 9.17) is 5.73 Å². The molecule has 0 fully saturated rings. The summed E-state index contributed by atoms with van der Waals surface area (Å²) in [7, 11) is 0. The number of fused-ring (bicyclic) bond motifs is 8. The first-order valence-electron chi connectivity index (χ1n) is 21.0. The quantitative estimate of drug-likeness (QED) is 0.177. The van der Waals surface area contributed by atoms with Crippen LogP contribution < -0.4 is 5.73 Å². The fourth-order valence-electron chi connectivity index (χ4n) is 8.72. The topological polar surface area (TPSA) is 26.0 Å². The van der Waals surface area contributed by atoms with Crippen LogP contribution in [-0.2, 0) is 5.41 Å². The summed E-state index contributed by atoms with van der Waals surface area (Å²) in [5.41, 5.74) is 20.3. The number of thiophene rings is 1. The monoisotopic (exact) mass is 793 g/mol. The molecule has 1 heterocycles. The Morgan fingerprint density at radius 3 is 1.52 bits per heavy atom. The molecule has 294 valence electrons. The Morgan fingerprint density at radius 1 is 0.383 bits per heavy atom. The van der Waals surface area contributed by atoms with Gasteiger partial charge in [-0.3, -0.25) is 0 Å². The minimum atomic E-state index is -0.396. The Labute approximate surface area is 359 Å². The van der Waals surface area contributed by atoms with E-state index in [-0.39, 0.29) is 0 Å². The maximum atomic E-state index is 5.43. The molecular formula is C58H51NS. The van der Waals surface area contributed by atoms with Gasteiger partial charge in [0.1, 0.15) is 0 Å². The summed E-state index contributed by atoms with van der Waals surface area (Å²) in [6, 6.07) is 74.4. The minimum absolute atomic E-state index is 0.396. The van der Waals surface area contributed by atoms with Crippen LogP contribution in [0, 0.1) is 20.8 Å². The largest absolute Gasteiger partial charge is 0.399 e. The smallest absolute Gasteiger partial charge is 0.0714 e. The lowest BCUT2D eigenvalue weighted by Gasteiger charge is -2.34. The average Bonchev–Trinajstić information content (AvgIpc) is 3.82. The van der Waals surface area contributed by atoms with E-state index in [0.29, 0.717) is 0 Å². The van der Waals surface area contributed by atoms with Crippen molar-refractivity contribution in [3.8, 4) is 22.3 Å². The lowest BCUT2D eigenvalue weighted by molar-refractivity contribution is 0.768. The average molecular weight is 794 g/mol. The number of hydrogen-bond acceptors (Lipinski definition) is 2. The fraction of sp³-hybridized carbons (Fsp3) is 0.103. The van der Waals surface area contributed by atoms with Crippen molar-refractivity contribution < 1.29 is 0 Å². The van der Waals surface area contributed by atoms with E-state index in [2.05, 4.69) is 196 Å². The molecule has 0 radical (unpaired) electrons. The number of anilines is 1. The van der Waals surface area contributed by atoms with E-state index in [9.17, 15) is 0 Å². The SMILES string of the molecule is CC.Cc1ccc(N)cc1.Cc1ccc2c(c1)C(c1ccccc1)(c1ccccc1)c1cc(-c3ccccc3)c3ccccc3c1-2.Cc1ccc2sc3ccccc3c2c1. The van der Waals surface area contributed by atoms with Crippen molar-refractivity contribution in [3.05, 3.63) is 245 Å². The van der Waals surface area contributed by atoms with Crippen LogP contribution >= 0.6 is 11.3 Å². The van der Waals surface area contributed by atoms with Crippen LogP contribution in [0.2, 0.25) is 0 Å². The summed E-state index contributed by atoms with van der Waals surface area (Å²) in [6.07, 6.45) is 0. The van der Waals surface area contributed by atoms with Gasteiger partial charge in [-0.1, -0.05) is 200 Å². The number of benzene rings is 9. The molecular weight excluding hydrogens is 743 g/mol. The first-order chi connectivity index (χ1) is 29.4. The minimum Gasteiger partial charge on any atom is -0.399 e. The van der Waals surface area contributed by atoms with Crippen LogP contribution in [-0.4, -0.2) is 0 Å².